The molecule has 0 spiro atoms. The summed E-state index contributed by atoms with van der Waals surface area (Å²) in [6.45, 7) is 9.28. The van der Waals surface area contributed by atoms with E-state index in [0.717, 1.165) is 44.5 Å². The van der Waals surface area contributed by atoms with Gasteiger partial charge in [-0.25, -0.2) is 9.97 Å². The molecule has 0 bridgehead atoms. The highest BCUT2D eigenvalue weighted by molar-refractivity contribution is 5.75. The zero-order valence-corrected chi connectivity index (χ0v) is 16.7. The first kappa shape index (κ1) is 20.2. The van der Waals surface area contributed by atoms with Crippen molar-refractivity contribution in [1.82, 2.24) is 30.3 Å². The number of carbonyl (C=O) groups is 1. The van der Waals surface area contributed by atoms with Crippen molar-refractivity contribution in [2.24, 2.45) is 0 Å². The number of aryl methyl sites for hydroxylation is 1. The van der Waals surface area contributed by atoms with Crippen LogP contribution in [0.2, 0.25) is 0 Å². The first-order valence-corrected chi connectivity index (χ1v) is 9.95. The van der Waals surface area contributed by atoms with Crippen molar-refractivity contribution < 1.29 is 9.32 Å². The van der Waals surface area contributed by atoms with Crippen LogP contribution < -0.4 is 10.2 Å². The van der Waals surface area contributed by atoms with E-state index in [1.807, 2.05) is 19.9 Å². The molecule has 0 atom stereocenters. The molecule has 1 aliphatic heterocycles. The number of amides is 1. The monoisotopic (exact) mass is 387 g/mol. The molecule has 0 aliphatic carbocycles. The van der Waals surface area contributed by atoms with E-state index in [2.05, 4.69) is 35.2 Å². The molecule has 2 aromatic rings. The molecule has 0 radical (unpaired) electrons. The van der Waals surface area contributed by atoms with Crippen molar-refractivity contribution in [3.05, 3.63) is 30.2 Å². The largest absolute Gasteiger partial charge is 0.355 e. The Morgan fingerprint density at radius 1 is 1.21 bits per heavy atom. The Labute approximate surface area is 165 Å². The van der Waals surface area contributed by atoms with Crippen LogP contribution in [0.3, 0.4) is 0 Å². The first-order valence-electron chi connectivity index (χ1n) is 9.95. The number of aromatic nitrogens is 4. The second kappa shape index (κ2) is 10.1. The zero-order valence-electron chi connectivity index (χ0n) is 16.7. The molecule has 152 valence electrons. The van der Waals surface area contributed by atoms with Crippen molar-refractivity contribution in [1.29, 1.82) is 0 Å². The topological polar surface area (TPSA) is 100 Å². The average molecular weight is 387 g/mol. The van der Waals surface area contributed by atoms with Gasteiger partial charge in [0.15, 0.2) is 5.82 Å². The molecule has 0 unspecified atom stereocenters. The number of nitrogens with one attached hydrogen (secondary N) is 1. The van der Waals surface area contributed by atoms with Gasteiger partial charge in [-0.05, 0) is 12.5 Å². The highest BCUT2D eigenvalue weighted by Gasteiger charge is 2.18. The van der Waals surface area contributed by atoms with Crippen LogP contribution in [0.25, 0.3) is 0 Å². The molecule has 1 aliphatic rings. The van der Waals surface area contributed by atoms with E-state index in [0.29, 0.717) is 31.7 Å². The van der Waals surface area contributed by atoms with Crippen LogP contribution in [0.15, 0.2) is 23.0 Å². The standard InChI is InChI=1S/C19H29N7O2/c1-15(2)18-23-17(28-24-18)6-3-5-16(27)20-9-10-25-11-13-26(14-12-25)19-21-7-4-8-22-19/h4,7-8,15H,3,5-6,9-14H2,1-2H3,(H,20,27). The Morgan fingerprint density at radius 2 is 1.96 bits per heavy atom. The van der Waals surface area contributed by atoms with Crippen LogP contribution in [0.1, 0.15) is 44.3 Å². The lowest BCUT2D eigenvalue weighted by Gasteiger charge is -2.34. The minimum absolute atomic E-state index is 0.0694. The molecule has 2 aromatic heterocycles. The second-order valence-corrected chi connectivity index (χ2v) is 7.28. The third-order valence-electron chi connectivity index (χ3n) is 4.75. The molecule has 3 rings (SSSR count). The Bertz CT molecular complexity index is 727. The molecule has 28 heavy (non-hydrogen) atoms. The van der Waals surface area contributed by atoms with Crippen LogP contribution in [-0.2, 0) is 11.2 Å². The highest BCUT2D eigenvalue weighted by atomic mass is 16.5. The van der Waals surface area contributed by atoms with Crippen LogP contribution in [0.4, 0.5) is 5.95 Å². The molecule has 9 heteroatoms. The predicted molar refractivity (Wildman–Crippen MR) is 105 cm³/mol. The summed E-state index contributed by atoms with van der Waals surface area (Å²) in [5, 5.41) is 6.93. The fourth-order valence-corrected chi connectivity index (χ4v) is 3.07. The summed E-state index contributed by atoms with van der Waals surface area (Å²) in [5.41, 5.74) is 0. The van der Waals surface area contributed by atoms with E-state index in [1.165, 1.54) is 0 Å². The summed E-state index contributed by atoms with van der Waals surface area (Å²) in [7, 11) is 0. The van der Waals surface area contributed by atoms with Crippen LogP contribution in [0.5, 0.6) is 0 Å². The Balaban J connectivity index is 1.26. The second-order valence-electron chi connectivity index (χ2n) is 7.28. The molecule has 1 saturated heterocycles. The smallest absolute Gasteiger partial charge is 0.226 e. The van der Waals surface area contributed by atoms with E-state index < -0.39 is 0 Å². The Kier molecular flexibility index (Phi) is 7.30. The number of carbonyl (C=O) groups excluding carboxylic acids is 1. The SMILES string of the molecule is CC(C)c1noc(CCCC(=O)NCCN2CCN(c3ncccn3)CC2)n1. The molecule has 1 fully saturated rings. The number of anilines is 1. The van der Waals surface area contributed by atoms with Gasteiger partial charge in [0.05, 0.1) is 0 Å². The maximum atomic E-state index is 12.0. The van der Waals surface area contributed by atoms with Gasteiger partial charge in [0, 0.05) is 70.4 Å². The maximum absolute atomic E-state index is 12.0. The fraction of sp³-hybridized carbons (Fsp3) is 0.632. The number of hydrogen-bond acceptors (Lipinski definition) is 8. The maximum Gasteiger partial charge on any atom is 0.226 e. The van der Waals surface area contributed by atoms with Crippen LogP contribution in [0, 0.1) is 0 Å². The zero-order chi connectivity index (χ0) is 19.8. The van der Waals surface area contributed by atoms with Gasteiger partial charge in [-0.3, -0.25) is 9.69 Å². The van der Waals surface area contributed by atoms with Crippen molar-refractivity contribution in [2.75, 3.05) is 44.2 Å². The van der Waals surface area contributed by atoms with Gasteiger partial charge in [-0.1, -0.05) is 19.0 Å². The molecule has 0 aromatic carbocycles. The summed E-state index contributed by atoms with van der Waals surface area (Å²) < 4.78 is 5.20. The third-order valence-corrected chi connectivity index (χ3v) is 4.75. The van der Waals surface area contributed by atoms with E-state index in [4.69, 9.17) is 4.52 Å². The highest BCUT2D eigenvalue weighted by Crippen LogP contribution is 2.11. The minimum Gasteiger partial charge on any atom is -0.355 e. The normalized spacial score (nSPS) is 15.2. The van der Waals surface area contributed by atoms with Crippen LogP contribution >= 0.6 is 0 Å². The minimum atomic E-state index is 0.0694. The van der Waals surface area contributed by atoms with Gasteiger partial charge in [0.25, 0.3) is 0 Å². The lowest BCUT2D eigenvalue weighted by Crippen LogP contribution is -2.49. The van der Waals surface area contributed by atoms with Gasteiger partial charge < -0.3 is 14.7 Å². The molecule has 1 N–H and O–H groups in total. The van der Waals surface area contributed by atoms with Gasteiger partial charge in [0.2, 0.25) is 17.7 Å². The van der Waals surface area contributed by atoms with E-state index in [-0.39, 0.29) is 11.8 Å². The summed E-state index contributed by atoms with van der Waals surface area (Å²) in [6.07, 6.45) is 5.36. The van der Waals surface area contributed by atoms with Gasteiger partial charge in [-0.15, -0.1) is 0 Å². The van der Waals surface area contributed by atoms with E-state index >= 15 is 0 Å². The van der Waals surface area contributed by atoms with Gasteiger partial charge >= 0.3 is 0 Å². The van der Waals surface area contributed by atoms with Gasteiger partial charge in [-0.2, -0.15) is 4.98 Å². The Morgan fingerprint density at radius 3 is 2.64 bits per heavy atom. The quantitative estimate of drug-likeness (QED) is 0.686. The molecule has 3 heterocycles. The summed E-state index contributed by atoms with van der Waals surface area (Å²) in [5.74, 6) is 2.44. The van der Waals surface area contributed by atoms with Crippen molar-refractivity contribution in [3.8, 4) is 0 Å². The molecular formula is C19H29N7O2. The van der Waals surface area contributed by atoms with E-state index in [9.17, 15) is 4.79 Å². The lowest BCUT2D eigenvalue weighted by molar-refractivity contribution is -0.121. The number of nitrogens with zero attached hydrogens (tertiary/aromatic N) is 6. The summed E-state index contributed by atoms with van der Waals surface area (Å²) in [6, 6.07) is 1.83. The summed E-state index contributed by atoms with van der Waals surface area (Å²) >= 11 is 0. The number of hydrogen-bond donors (Lipinski definition) is 1. The summed E-state index contributed by atoms with van der Waals surface area (Å²) in [4.78, 5) is 29.5. The molecule has 1 amide bonds. The predicted octanol–water partition coefficient (Wildman–Crippen LogP) is 1.24. The van der Waals surface area contributed by atoms with Gasteiger partial charge in [0.1, 0.15) is 0 Å². The lowest BCUT2D eigenvalue weighted by atomic mass is 10.2. The van der Waals surface area contributed by atoms with Crippen molar-refractivity contribution in [3.63, 3.8) is 0 Å². The molecular weight excluding hydrogens is 358 g/mol. The molecule has 9 nitrogen and oxygen atoms in total. The van der Waals surface area contributed by atoms with E-state index in [1.54, 1.807) is 12.4 Å². The van der Waals surface area contributed by atoms with Crippen molar-refractivity contribution in [2.45, 2.75) is 39.0 Å². The molecule has 0 saturated carbocycles. The average Bonchev–Trinajstić information content (AvgIpc) is 3.19. The Hall–Kier alpha value is -2.55. The number of piperazine rings is 1. The van der Waals surface area contributed by atoms with Crippen molar-refractivity contribution >= 4 is 11.9 Å². The number of rotatable bonds is 9. The first-order chi connectivity index (χ1) is 13.6. The third kappa shape index (κ3) is 5.98. The fourth-order valence-electron chi connectivity index (χ4n) is 3.07. The van der Waals surface area contributed by atoms with Crippen LogP contribution in [-0.4, -0.2) is 70.2 Å².